The molecule has 4 rings (SSSR count). The van der Waals surface area contributed by atoms with Crippen molar-refractivity contribution in [3.63, 3.8) is 0 Å². The van der Waals surface area contributed by atoms with Crippen molar-refractivity contribution in [2.45, 2.75) is 26.3 Å². The third-order valence-corrected chi connectivity index (χ3v) is 5.16. The quantitative estimate of drug-likeness (QED) is 0.381. The van der Waals surface area contributed by atoms with E-state index in [4.69, 9.17) is 9.15 Å². The molecule has 2 aromatic heterocycles. The number of rotatable bonds is 2. The Morgan fingerprint density at radius 3 is 2.36 bits per heavy atom. The third kappa shape index (κ3) is 2.56. The number of methoxy groups -OCH3 is 1. The van der Waals surface area contributed by atoms with Crippen LogP contribution in [0.2, 0.25) is 0 Å². The Morgan fingerprint density at radius 2 is 1.72 bits per heavy atom. The lowest BCUT2D eigenvalue weighted by atomic mass is 10.0. The van der Waals surface area contributed by atoms with Gasteiger partial charge in [0.25, 0.3) is 0 Å². The van der Waals surface area contributed by atoms with Gasteiger partial charge in [0, 0.05) is 37.9 Å². The summed E-state index contributed by atoms with van der Waals surface area (Å²) in [6.07, 6.45) is 3.99. The highest BCUT2D eigenvalue weighted by atomic mass is 79.9. The van der Waals surface area contributed by atoms with Crippen LogP contribution >= 0.6 is 15.9 Å². The van der Waals surface area contributed by atoms with E-state index in [0.717, 1.165) is 32.3 Å². The van der Waals surface area contributed by atoms with Crippen LogP contribution in [0.15, 0.2) is 57.7 Å². The van der Waals surface area contributed by atoms with Crippen LogP contribution in [0.3, 0.4) is 0 Å². The molecule has 0 aliphatic rings. The molecule has 0 bridgehead atoms. The molecule has 25 heavy (non-hydrogen) atoms. The Bertz CT molecular complexity index is 1070. The molecule has 4 heteroatoms. The molecular weight excluding hydrogens is 378 g/mol. The molecule has 0 aliphatic heterocycles. The molecule has 0 fully saturated rings. The van der Waals surface area contributed by atoms with Gasteiger partial charge in [0.05, 0.1) is 18.9 Å². The average Bonchev–Trinajstić information content (AvgIpc) is 3.15. The lowest BCUT2D eigenvalue weighted by Gasteiger charge is -2.22. The van der Waals surface area contributed by atoms with E-state index in [1.54, 1.807) is 7.11 Å². The number of hydrogen-bond donors (Lipinski definition) is 0. The van der Waals surface area contributed by atoms with Gasteiger partial charge in [-0.1, -0.05) is 0 Å². The molecule has 0 N–H and O–H groups in total. The van der Waals surface area contributed by atoms with E-state index in [1.807, 2.05) is 30.5 Å². The third-order valence-electron chi connectivity index (χ3n) is 4.56. The minimum Gasteiger partial charge on any atom is -0.497 e. The molecular formula is C21H20BrNO2. The van der Waals surface area contributed by atoms with Gasteiger partial charge in [0.2, 0.25) is 0 Å². The van der Waals surface area contributed by atoms with Crippen LogP contribution in [-0.2, 0) is 5.54 Å². The van der Waals surface area contributed by atoms with Crippen LogP contribution in [0.4, 0.5) is 0 Å². The average molecular weight is 398 g/mol. The zero-order valence-electron chi connectivity index (χ0n) is 14.8. The first kappa shape index (κ1) is 16.3. The molecule has 0 amide bonds. The SMILES string of the molecule is COc1ccc(-c2occ3ccc4c(c(Br)cn4C(C)(C)C)c23)cc1. The zero-order valence-corrected chi connectivity index (χ0v) is 16.3. The number of ether oxygens (including phenoxy) is 1. The fraction of sp³-hybridized carbons (Fsp3) is 0.238. The first-order valence-corrected chi connectivity index (χ1v) is 9.05. The maximum Gasteiger partial charge on any atom is 0.142 e. The smallest absolute Gasteiger partial charge is 0.142 e. The first-order valence-electron chi connectivity index (χ1n) is 8.26. The van der Waals surface area contributed by atoms with Crippen molar-refractivity contribution in [3.8, 4) is 17.1 Å². The summed E-state index contributed by atoms with van der Waals surface area (Å²) >= 11 is 3.76. The van der Waals surface area contributed by atoms with Crippen LogP contribution < -0.4 is 4.74 Å². The highest BCUT2D eigenvalue weighted by Gasteiger charge is 2.21. The van der Waals surface area contributed by atoms with Crippen molar-refractivity contribution in [3.05, 3.63) is 53.3 Å². The number of halogens is 1. The second kappa shape index (κ2) is 5.67. The molecule has 0 saturated heterocycles. The van der Waals surface area contributed by atoms with Gasteiger partial charge in [0.15, 0.2) is 0 Å². The van der Waals surface area contributed by atoms with E-state index < -0.39 is 0 Å². The Labute approximate surface area is 155 Å². The summed E-state index contributed by atoms with van der Waals surface area (Å²) in [6.45, 7) is 6.63. The Hall–Kier alpha value is -2.20. The Kier molecular flexibility index (Phi) is 3.69. The fourth-order valence-corrected chi connectivity index (χ4v) is 3.94. The largest absolute Gasteiger partial charge is 0.497 e. The minimum absolute atomic E-state index is 0.00194. The first-order chi connectivity index (χ1) is 11.9. The van der Waals surface area contributed by atoms with E-state index in [0.29, 0.717) is 0 Å². The molecule has 2 aromatic carbocycles. The van der Waals surface area contributed by atoms with E-state index in [1.165, 1.54) is 10.9 Å². The molecule has 0 spiro atoms. The lowest BCUT2D eigenvalue weighted by molar-refractivity contribution is 0.410. The van der Waals surface area contributed by atoms with E-state index >= 15 is 0 Å². The lowest BCUT2D eigenvalue weighted by Crippen LogP contribution is -2.20. The molecule has 0 radical (unpaired) electrons. The van der Waals surface area contributed by atoms with Gasteiger partial charge in [-0.2, -0.15) is 0 Å². The van der Waals surface area contributed by atoms with Gasteiger partial charge in [-0.05, 0) is 73.1 Å². The number of aromatic nitrogens is 1. The minimum atomic E-state index is 0.00194. The predicted molar refractivity (Wildman–Crippen MR) is 106 cm³/mol. The molecule has 0 atom stereocenters. The van der Waals surface area contributed by atoms with Crippen LogP contribution in [0.25, 0.3) is 33.0 Å². The molecule has 3 nitrogen and oxygen atoms in total. The van der Waals surface area contributed by atoms with Crippen molar-refractivity contribution in [1.29, 1.82) is 0 Å². The summed E-state index contributed by atoms with van der Waals surface area (Å²) in [4.78, 5) is 0. The maximum atomic E-state index is 5.96. The topological polar surface area (TPSA) is 27.3 Å². The molecule has 2 heterocycles. The maximum absolute atomic E-state index is 5.96. The second-order valence-corrected chi connectivity index (χ2v) is 8.09. The molecule has 0 aliphatic carbocycles. The van der Waals surface area contributed by atoms with Gasteiger partial charge in [-0.25, -0.2) is 0 Å². The van der Waals surface area contributed by atoms with Gasteiger partial charge in [-0.3, -0.25) is 0 Å². The van der Waals surface area contributed by atoms with Gasteiger partial charge >= 0.3 is 0 Å². The van der Waals surface area contributed by atoms with Gasteiger partial charge < -0.3 is 13.7 Å². The van der Waals surface area contributed by atoms with E-state index in [9.17, 15) is 0 Å². The van der Waals surface area contributed by atoms with Crippen molar-refractivity contribution in [2.24, 2.45) is 0 Å². The summed E-state index contributed by atoms with van der Waals surface area (Å²) in [5, 5.41) is 3.43. The standard InChI is InChI=1S/C21H20BrNO2/c1-21(2,3)23-11-16(22)19-17(23)10-7-14-12-25-20(18(14)19)13-5-8-15(24-4)9-6-13/h5-12H,1-4H3. The van der Waals surface area contributed by atoms with Gasteiger partial charge in [-0.15, -0.1) is 0 Å². The van der Waals surface area contributed by atoms with Gasteiger partial charge in [0.1, 0.15) is 11.5 Å². The second-order valence-electron chi connectivity index (χ2n) is 7.24. The highest BCUT2D eigenvalue weighted by Crippen LogP contribution is 2.41. The van der Waals surface area contributed by atoms with Crippen LogP contribution in [0.1, 0.15) is 20.8 Å². The van der Waals surface area contributed by atoms with Crippen LogP contribution in [0, 0.1) is 0 Å². The molecule has 0 saturated carbocycles. The van der Waals surface area contributed by atoms with E-state index in [2.05, 4.69) is 59.6 Å². The number of fused-ring (bicyclic) bond motifs is 3. The highest BCUT2D eigenvalue weighted by molar-refractivity contribution is 9.10. The number of nitrogens with zero attached hydrogens (tertiary/aromatic N) is 1. The van der Waals surface area contributed by atoms with Crippen molar-refractivity contribution in [1.82, 2.24) is 4.57 Å². The van der Waals surface area contributed by atoms with Crippen molar-refractivity contribution >= 4 is 37.6 Å². The summed E-state index contributed by atoms with van der Waals surface area (Å²) in [5.41, 5.74) is 2.24. The summed E-state index contributed by atoms with van der Waals surface area (Å²) in [5.74, 6) is 1.72. The summed E-state index contributed by atoms with van der Waals surface area (Å²) in [7, 11) is 1.67. The normalized spacial score (nSPS) is 12.2. The number of benzene rings is 2. The van der Waals surface area contributed by atoms with Crippen LogP contribution in [0.5, 0.6) is 5.75 Å². The number of furan rings is 1. The monoisotopic (exact) mass is 397 g/mol. The molecule has 128 valence electrons. The number of hydrogen-bond acceptors (Lipinski definition) is 2. The summed E-state index contributed by atoms with van der Waals surface area (Å²) < 4.78 is 14.6. The summed E-state index contributed by atoms with van der Waals surface area (Å²) in [6, 6.07) is 12.3. The molecule has 4 aromatic rings. The van der Waals surface area contributed by atoms with Crippen molar-refractivity contribution < 1.29 is 9.15 Å². The van der Waals surface area contributed by atoms with Crippen molar-refractivity contribution in [2.75, 3.05) is 7.11 Å². The fourth-order valence-electron chi connectivity index (χ4n) is 3.33. The Morgan fingerprint density at radius 1 is 1.00 bits per heavy atom. The predicted octanol–water partition coefficient (Wildman–Crippen LogP) is 6.58. The van der Waals surface area contributed by atoms with Crippen LogP contribution in [-0.4, -0.2) is 11.7 Å². The molecule has 0 unspecified atom stereocenters. The Balaban J connectivity index is 2.04. The van der Waals surface area contributed by atoms with E-state index in [-0.39, 0.29) is 5.54 Å². The zero-order chi connectivity index (χ0) is 17.8.